The number of hydrogen-bond acceptors (Lipinski definition) is 6. The van der Waals surface area contributed by atoms with Crippen LogP contribution in [0.3, 0.4) is 0 Å². The van der Waals surface area contributed by atoms with Crippen molar-refractivity contribution < 1.29 is 28.6 Å². The van der Waals surface area contributed by atoms with Crippen molar-refractivity contribution in [3.63, 3.8) is 0 Å². The smallest absolute Gasteiger partial charge is 0.306 e. The van der Waals surface area contributed by atoms with Crippen LogP contribution in [0.15, 0.2) is 109 Å². The standard InChI is InChI=1S/C69H116O6/c1-4-7-10-13-16-19-22-25-28-31-34-37-40-43-46-49-52-55-58-61-67(70)73-64-66(75-69(72)63-60-57-54-51-48-45-42-39-36-33-30-27-24-21-18-15-12-9-6-3)65-74-68(71)62-59-56-53-50-47-44-41-38-35-32-29-26-23-20-17-14-11-8-5-2/h9,12,16-21,25-30,36,39,45,48,66H,4-8,10-11,13-15,22-24,31-35,37-38,40-44,46-47,49-65H2,1-3H3/b12-9-,19-16-,20-17-,21-18-,28-25-,29-26-,30-27-,39-36-,48-45-. The van der Waals surface area contributed by atoms with Crippen LogP contribution in [0, 0.1) is 0 Å². The lowest BCUT2D eigenvalue weighted by Gasteiger charge is -2.18. The number of allylic oxidation sites excluding steroid dienone is 18. The molecule has 0 amide bonds. The number of esters is 3. The van der Waals surface area contributed by atoms with Crippen LogP contribution in [0.1, 0.15) is 290 Å². The Labute approximate surface area is 463 Å². The van der Waals surface area contributed by atoms with Gasteiger partial charge in [0.15, 0.2) is 6.10 Å². The Morgan fingerprint density at radius 3 is 0.827 bits per heavy atom. The summed E-state index contributed by atoms with van der Waals surface area (Å²) in [5.41, 5.74) is 0. The Morgan fingerprint density at radius 1 is 0.280 bits per heavy atom. The summed E-state index contributed by atoms with van der Waals surface area (Å²) in [6.45, 7) is 6.46. The van der Waals surface area contributed by atoms with Crippen LogP contribution >= 0.6 is 0 Å². The van der Waals surface area contributed by atoms with Gasteiger partial charge in [0.2, 0.25) is 0 Å². The maximum absolute atomic E-state index is 12.9. The first-order valence-corrected chi connectivity index (χ1v) is 31.4. The molecule has 0 N–H and O–H groups in total. The first-order valence-electron chi connectivity index (χ1n) is 31.4. The van der Waals surface area contributed by atoms with Crippen molar-refractivity contribution in [2.45, 2.75) is 297 Å². The summed E-state index contributed by atoms with van der Waals surface area (Å²) < 4.78 is 16.9. The number of carbonyl (C=O) groups excluding carboxylic acids is 3. The van der Waals surface area contributed by atoms with E-state index in [9.17, 15) is 14.4 Å². The van der Waals surface area contributed by atoms with Gasteiger partial charge in [-0.3, -0.25) is 14.4 Å². The maximum Gasteiger partial charge on any atom is 0.306 e. The van der Waals surface area contributed by atoms with Crippen LogP contribution in [0.2, 0.25) is 0 Å². The summed E-state index contributed by atoms with van der Waals surface area (Å²) in [4.78, 5) is 38.3. The van der Waals surface area contributed by atoms with Crippen molar-refractivity contribution in [2.75, 3.05) is 13.2 Å². The van der Waals surface area contributed by atoms with E-state index in [1.165, 1.54) is 141 Å². The van der Waals surface area contributed by atoms with Gasteiger partial charge < -0.3 is 14.2 Å². The van der Waals surface area contributed by atoms with Gasteiger partial charge in [0.25, 0.3) is 0 Å². The Bertz CT molecular complexity index is 1450. The van der Waals surface area contributed by atoms with Gasteiger partial charge in [-0.1, -0.05) is 252 Å². The largest absolute Gasteiger partial charge is 0.462 e. The van der Waals surface area contributed by atoms with E-state index in [4.69, 9.17) is 14.2 Å². The zero-order chi connectivity index (χ0) is 54.3. The van der Waals surface area contributed by atoms with Crippen LogP contribution in [0.4, 0.5) is 0 Å². The van der Waals surface area contributed by atoms with Crippen LogP contribution in [-0.2, 0) is 28.6 Å². The average molecular weight is 1040 g/mol. The predicted molar refractivity (Wildman–Crippen MR) is 325 cm³/mol. The molecule has 0 saturated carbocycles. The number of unbranched alkanes of at least 4 members (excludes halogenated alkanes) is 27. The van der Waals surface area contributed by atoms with Gasteiger partial charge in [0, 0.05) is 19.3 Å². The van der Waals surface area contributed by atoms with Crippen LogP contribution in [0.5, 0.6) is 0 Å². The molecular weight excluding hydrogens is 925 g/mol. The zero-order valence-electron chi connectivity index (χ0n) is 49.0. The molecule has 0 saturated heterocycles. The lowest BCUT2D eigenvalue weighted by molar-refractivity contribution is -0.167. The molecule has 0 unspecified atom stereocenters. The minimum absolute atomic E-state index is 0.0958. The van der Waals surface area contributed by atoms with E-state index >= 15 is 0 Å². The molecule has 0 heterocycles. The SMILES string of the molecule is CC/C=C\C/C=C\C/C=C\C/C=C\C/C=C\CCCCCC(=O)OC(COC(=O)CCCCCCCCCCC/C=C\C/C=C\CCCCC)COC(=O)CCCCCCCCCCC/C=C\C/C=C\CCCCC. The van der Waals surface area contributed by atoms with Crippen molar-refractivity contribution in [1.29, 1.82) is 0 Å². The third-order valence-electron chi connectivity index (χ3n) is 13.2. The Morgan fingerprint density at radius 2 is 0.520 bits per heavy atom. The van der Waals surface area contributed by atoms with Crippen molar-refractivity contribution in [2.24, 2.45) is 0 Å². The minimum Gasteiger partial charge on any atom is -0.462 e. The minimum atomic E-state index is -0.803. The maximum atomic E-state index is 12.9. The first kappa shape index (κ1) is 71.1. The summed E-state index contributed by atoms with van der Waals surface area (Å²) in [6.07, 6.45) is 85.1. The Kier molecular flexibility index (Phi) is 59.3. The highest BCUT2D eigenvalue weighted by Gasteiger charge is 2.19. The molecule has 0 atom stereocenters. The van der Waals surface area contributed by atoms with Crippen LogP contribution in [0.25, 0.3) is 0 Å². The topological polar surface area (TPSA) is 78.9 Å². The summed E-state index contributed by atoms with van der Waals surface area (Å²) in [6, 6.07) is 0. The van der Waals surface area contributed by atoms with Crippen molar-refractivity contribution in [3.8, 4) is 0 Å². The molecule has 0 rings (SSSR count). The highest BCUT2D eigenvalue weighted by atomic mass is 16.6. The second-order valence-electron chi connectivity index (χ2n) is 20.6. The summed E-state index contributed by atoms with van der Waals surface area (Å²) in [5.74, 6) is -0.930. The summed E-state index contributed by atoms with van der Waals surface area (Å²) >= 11 is 0. The molecule has 0 aliphatic carbocycles. The number of rotatable bonds is 56. The van der Waals surface area contributed by atoms with E-state index in [1.54, 1.807) is 0 Å². The molecule has 0 aliphatic heterocycles. The first-order chi connectivity index (χ1) is 37.0. The lowest BCUT2D eigenvalue weighted by atomic mass is 10.1. The normalized spacial score (nSPS) is 12.5. The molecule has 0 aromatic carbocycles. The molecule has 428 valence electrons. The molecule has 0 spiro atoms. The third-order valence-corrected chi connectivity index (χ3v) is 13.2. The third kappa shape index (κ3) is 60.8. The Balaban J connectivity index is 4.46. The zero-order valence-corrected chi connectivity index (χ0v) is 49.0. The molecule has 0 aromatic heterocycles. The van der Waals surface area contributed by atoms with Gasteiger partial charge in [-0.15, -0.1) is 0 Å². The van der Waals surface area contributed by atoms with E-state index in [0.717, 1.165) is 109 Å². The fraction of sp³-hybridized carbons (Fsp3) is 0.696. The quantitative estimate of drug-likeness (QED) is 0.0261. The second-order valence-corrected chi connectivity index (χ2v) is 20.6. The average Bonchev–Trinajstić information content (AvgIpc) is 3.41. The molecule has 75 heavy (non-hydrogen) atoms. The summed E-state index contributed by atoms with van der Waals surface area (Å²) in [5, 5.41) is 0. The molecule has 6 nitrogen and oxygen atoms in total. The molecular formula is C69H116O6. The second kappa shape index (κ2) is 62.6. The number of hydrogen-bond donors (Lipinski definition) is 0. The highest BCUT2D eigenvalue weighted by Crippen LogP contribution is 2.15. The molecule has 6 heteroatoms. The molecule has 0 bridgehead atoms. The van der Waals surface area contributed by atoms with E-state index in [0.29, 0.717) is 12.8 Å². The van der Waals surface area contributed by atoms with E-state index in [1.807, 2.05) is 0 Å². The van der Waals surface area contributed by atoms with Crippen LogP contribution < -0.4 is 0 Å². The fourth-order valence-electron chi connectivity index (χ4n) is 8.53. The summed E-state index contributed by atoms with van der Waals surface area (Å²) in [7, 11) is 0. The lowest BCUT2D eigenvalue weighted by Crippen LogP contribution is -2.30. The monoisotopic (exact) mass is 1040 g/mol. The van der Waals surface area contributed by atoms with Gasteiger partial charge in [0.1, 0.15) is 13.2 Å². The van der Waals surface area contributed by atoms with Gasteiger partial charge in [-0.25, -0.2) is 0 Å². The van der Waals surface area contributed by atoms with Crippen molar-refractivity contribution in [1.82, 2.24) is 0 Å². The molecule has 0 radical (unpaired) electrons. The van der Waals surface area contributed by atoms with E-state index in [2.05, 4.69) is 130 Å². The van der Waals surface area contributed by atoms with Crippen molar-refractivity contribution >= 4 is 17.9 Å². The van der Waals surface area contributed by atoms with Gasteiger partial charge >= 0.3 is 17.9 Å². The molecule has 0 aromatic rings. The number of carbonyl (C=O) groups is 3. The van der Waals surface area contributed by atoms with E-state index < -0.39 is 6.10 Å². The van der Waals surface area contributed by atoms with Crippen LogP contribution in [-0.4, -0.2) is 37.2 Å². The number of ether oxygens (including phenoxy) is 3. The molecule has 0 aliphatic rings. The van der Waals surface area contributed by atoms with Gasteiger partial charge in [0.05, 0.1) is 0 Å². The van der Waals surface area contributed by atoms with Crippen molar-refractivity contribution in [3.05, 3.63) is 109 Å². The molecule has 0 fully saturated rings. The van der Waals surface area contributed by atoms with E-state index in [-0.39, 0.29) is 37.5 Å². The Hall–Kier alpha value is -3.93. The highest BCUT2D eigenvalue weighted by molar-refractivity contribution is 5.71. The predicted octanol–water partition coefficient (Wildman–Crippen LogP) is 21.4. The van der Waals surface area contributed by atoms with Gasteiger partial charge in [-0.05, 0) is 128 Å². The fourth-order valence-corrected chi connectivity index (χ4v) is 8.53. The van der Waals surface area contributed by atoms with Gasteiger partial charge in [-0.2, -0.15) is 0 Å².